The smallest absolute Gasteiger partial charge is 0.197 e. The van der Waals surface area contributed by atoms with E-state index in [1.165, 1.54) is 12.1 Å². The van der Waals surface area contributed by atoms with E-state index in [-0.39, 0.29) is 33.1 Å². The van der Waals surface area contributed by atoms with Gasteiger partial charge in [-0.25, -0.2) is 0 Å². The normalized spacial score (nSPS) is 11.5. The molecule has 1 rings (SSSR count). The van der Waals surface area contributed by atoms with Crippen molar-refractivity contribution in [3.63, 3.8) is 0 Å². The first kappa shape index (κ1) is 15.8. The second-order valence-electron chi connectivity index (χ2n) is 3.67. The highest BCUT2D eigenvalue weighted by molar-refractivity contribution is 6.43. The van der Waals surface area contributed by atoms with Gasteiger partial charge in [0.1, 0.15) is 18.1 Å². The van der Waals surface area contributed by atoms with E-state index in [0.717, 1.165) is 0 Å². The van der Waals surface area contributed by atoms with Gasteiger partial charge in [0, 0.05) is 6.07 Å². The maximum atomic E-state index is 11.7. The number of hydrogen-bond donors (Lipinski definition) is 1. The van der Waals surface area contributed by atoms with Crippen LogP contribution in [0.5, 0.6) is 5.75 Å². The monoisotopic (exact) mass is 319 g/mol. The Morgan fingerprint density at radius 3 is 2.47 bits per heavy atom. The number of nitrogens with zero attached hydrogens (tertiary/aromatic N) is 1. The predicted octanol–water partition coefficient (Wildman–Crippen LogP) is 2.49. The van der Waals surface area contributed by atoms with E-state index in [4.69, 9.17) is 44.8 Å². The zero-order valence-corrected chi connectivity index (χ0v) is 12.0. The number of nitriles is 1. The van der Waals surface area contributed by atoms with Crippen LogP contribution in [0.15, 0.2) is 24.4 Å². The van der Waals surface area contributed by atoms with Gasteiger partial charge in [-0.2, -0.15) is 5.26 Å². The Balaban J connectivity index is 2.78. The third-order valence-corrected chi connectivity index (χ3v) is 3.22. The molecule has 1 aromatic rings. The van der Waals surface area contributed by atoms with E-state index in [2.05, 4.69) is 12.3 Å². The maximum Gasteiger partial charge on any atom is 0.197 e. The molecule has 0 saturated heterocycles. The predicted molar refractivity (Wildman–Crippen MR) is 73.1 cm³/mol. The molecule has 0 aliphatic rings. The second-order valence-corrected chi connectivity index (χ2v) is 4.89. The Kier molecular flexibility index (Phi) is 5.64. The largest absolute Gasteiger partial charge is 0.484 e. The molecule has 0 bridgehead atoms. The van der Waals surface area contributed by atoms with Crippen LogP contribution in [-0.2, 0) is 4.79 Å². The van der Waals surface area contributed by atoms with E-state index < -0.39 is 11.7 Å². The Morgan fingerprint density at radius 1 is 1.37 bits per heavy atom. The standard InChI is InChI=1S/C12H9Cl3N2O2/c1-6(17)7(4-16)11(18)5-19-12-3-9(14)8(13)2-10(12)15/h2-3,7H,1,5,17H2/p+1/t7-/m0/s1. The van der Waals surface area contributed by atoms with Crippen LogP contribution in [0.4, 0.5) is 0 Å². The maximum absolute atomic E-state index is 11.7. The molecule has 3 N–H and O–H groups in total. The summed E-state index contributed by atoms with van der Waals surface area (Å²) in [6, 6.07) is 4.61. The summed E-state index contributed by atoms with van der Waals surface area (Å²) in [5.41, 5.74) is 3.69. The zero-order chi connectivity index (χ0) is 14.6. The van der Waals surface area contributed by atoms with Crippen molar-refractivity contribution in [1.29, 1.82) is 5.26 Å². The molecular formula is C12H10Cl3N2O2+. The van der Waals surface area contributed by atoms with Gasteiger partial charge in [-0.05, 0) is 12.6 Å². The third-order valence-electron chi connectivity index (χ3n) is 2.20. The minimum absolute atomic E-state index is 0.218. The minimum Gasteiger partial charge on any atom is -0.484 e. The first-order valence-electron chi connectivity index (χ1n) is 5.07. The van der Waals surface area contributed by atoms with Crippen molar-refractivity contribution >= 4 is 40.6 Å². The van der Waals surface area contributed by atoms with Gasteiger partial charge in [-0.15, -0.1) is 0 Å². The highest BCUT2D eigenvalue weighted by Gasteiger charge is 2.23. The number of Topliss-reactive ketones (excluding diaryl/α,β-unsaturated/α-hetero) is 1. The molecule has 0 aromatic heterocycles. The number of benzene rings is 1. The first-order valence-corrected chi connectivity index (χ1v) is 6.20. The van der Waals surface area contributed by atoms with Gasteiger partial charge in [0.2, 0.25) is 0 Å². The number of rotatable bonds is 5. The van der Waals surface area contributed by atoms with Crippen molar-refractivity contribution in [2.24, 2.45) is 5.92 Å². The highest BCUT2D eigenvalue weighted by atomic mass is 35.5. The van der Waals surface area contributed by atoms with Gasteiger partial charge < -0.3 is 10.5 Å². The lowest BCUT2D eigenvalue weighted by atomic mass is 10.0. The molecule has 4 nitrogen and oxygen atoms in total. The molecular weight excluding hydrogens is 311 g/mol. The van der Waals surface area contributed by atoms with Crippen LogP contribution in [0, 0.1) is 17.2 Å². The van der Waals surface area contributed by atoms with Crippen molar-refractivity contribution in [3.05, 3.63) is 39.5 Å². The Bertz CT molecular complexity index is 567. The molecule has 1 aromatic carbocycles. The van der Waals surface area contributed by atoms with E-state index in [0.29, 0.717) is 0 Å². The average Bonchev–Trinajstić information content (AvgIpc) is 2.32. The Morgan fingerprint density at radius 2 is 1.95 bits per heavy atom. The average molecular weight is 321 g/mol. The Labute approximate surface area is 125 Å². The summed E-state index contributed by atoms with van der Waals surface area (Å²) in [4.78, 5) is 11.7. The third kappa shape index (κ3) is 4.12. The number of allylic oxidation sites excluding steroid dienone is 1. The van der Waals surface area contributed by atoms with Gasteiger partial charge in [0.05, 0.1) is 21.1 Å². The summed E-state index contributed by atoms with van der Waals surface area (Å²) in [5, 5.41) is 9.57. The van der Waals surface area contributed by atoms with E-state index in [9.17, 15) is 4.79 Å². The van der Waals surface area contributed by atoms with Crippen molar-refractivity contribution < 1.29 is 15.3 Å². The van der Waals surface area contributed by atoms with Crippen LogP contribution < -0.4 is 10.5 Å². The highest BCUT2D eigenvalue weighted by Crippen LogP contribution is 2.33. The quantitative estimate of drug-likeness (QED) is 0.847. The molecule has 0 heterocycles. The minimum atomic E-state index is -0.999. The lowest BCUT2D eigenvalue weighted by molar-refractivity contribution is -0.309. The number of ketones is 1. The van der Waals surface area contributed by atoms with Gasteiger partial charge in [-0.1, -0.05) is 34.8 Å². The molecule has 0 radical (unpaired) electrons. The van der Waals surface area contributed by atoms with Crippen LogP contribution in [0.3, 0.4) is 0 Å². The van der Waals surface area contributed by atoms with Crippen LogP contribution in [0.1, 0.15) is 0 Å². The Hall–Kier alpha value is -1.25. The molecule has 1 atom stereocenters. The summed E-state index contributed by atoms with van der Waals surface area (Å²) < 4.78 is 5.22. The fourth-order valence-electron chi connectivity index (χ4n) is 1.24. The molecule has 0 aliphatic heterocycles. The lowest BCUT2D eigenvalue weighted by Crippen LogP contribution is -2.51. The first-order chi connectivity index (χ1) is 8.86. The van der Waals surface area contributed by atoms with E-state index in [1.807, 2.05) is 0 Å². The summed E-state index contributed by atoms with van der Waals surface area (Å²) in [7, 11) is 0. The van der Waals surface area contributed by atoms with Crippen molar-refractivity contribution in [2.75, 3.05) is 6.61 Å². The second kappa shape index (κ2) is 6.78. The summed E-state index contributed by atoms with van der Waals surface area (Å²) in [6.07, 6.45) is 0. The molecule has 0 spiro atoms. The molecule has 0 saturated carbocycles. The molecule has 0 fully saturated rings. The number of ether oxygens (including phenoxy) is 1. The number of halogens is 3. The van der Waals surface area contributed by atoms with E-state index >= 15 is 0 Å². The van der Waals surface area contributed by atoms with Gasteiger partial charge >= 0.3 is 0 Å². The van der Waals surface area contributed by atoms with Crippen LogP contribution in [0.25, 0.3) is 0 Å². The van der Waals surface area contributed by atoms with Crippen LogP contribution in [0.2, 0.25) is 15.1 Å². The van der Waals surface area contributed by atoms with Crippen molar-refractivity contribution in [1.82, 2.24) is 0 Å². The van der Waals surface area contributed by atoms with Crippen LogP contribution in [-0.4, -0.2) is 12.4 Å². The van der Waals surface area contributed by atoms with Crippen molar-refractivity contribution in [2.45, 2.75) is 0 Å². The fourth-order valence-corrected chi connectivity index (χ4v) is 1.83. The topological polar surface area (TPSA) is 77.7 Å². The number of carbonyl (C=O) groups excluding carboxylic acids is 1. The number of quaternary nitrogens is 1. The molecule has 7 heteroatoms. The fraction of sp³-hybridized carbons (Fsp3) is 0.167. The molecule has 0 unspecified atom stereocenters. The summed E-state index contributed by atoms with van der Waals surface area (Å²) in [6.45, 7) is 3.14. The molecule has 0 aliphatic carbocycles. The molecule has 19 heavy (non-hydrogen) atoms. The molecule has 0 amide bonds. The zero-order valence-electron chi connectivity index (χ0n) is 9.75. The van der Waals surface area contributed by atoms with Crippen molar-refractivity contribution in [3.8, 4) is 11.8 Å². The van der Waals surface area contributed by atoms with Gasteiger partial charge in [0.15, 0.2) is 11.7 Å². The van der Waals surface area contributed by atoms with Crippen LogP contribution >= 0.6 is 34.8 Å². The summed E-state index contributed by atoms with van der Waals surface area (Å²) >= 11 is 17.5. The summed E-state index contributed by atoms with van der Waals surface area (Å²) in [5.74, 6) is -1.23. The number of carbonyl (C=O) groups is 1. The van der Waals surface area contributed by atoms with E-state index in [1.54, 1.807) is 6.07 Å². The lowest BCUT2D eigenvalue weighted by Gasteiger charge is -2.10. The molecule has 100 valence electrons. The van der Waals surface area contributed by atoms with Gasteiger partial charge in [0.25, 0.3) is 0 Å². The SMILES string of the molecule is C=C([NH3+])[C@H](C#N)C(=O)COc1cc(Cl)c(Cl)cc1Cl. The van der Waals surface area contributed by atoms with Gasteiger partial charge in [-0.3, -0.25) is 4.79 Å². The number of hydrogen-bond acceptors (Lipinski definition) is 3.